The average Bonchev–Trinajstić information content (AvgIpc) is 3.08. The van der Waals surface area contributed by atoms with Crippen LogP contribution in [0, 0.1) is 11.8 Å². The molecule has 4 rings (SSSR count). The second-order valence-corrected chi connectivity index (χ2v) is 7.63. The maximum absolute atomic E-state index is 13.1. The SMILES string of the molecule is COc1ccccc1CNC(=O)C1CN(C)CC2C(=O)N(c3ccccc3)NC12. The van der Waals surface area contributed by atoms with Gasteiger partial charge in [0.05, 0.1) is 30.7 Å². The predicted octanol–water partition coefficient (Wildman–Crippen LogP) is 1.41. The number of fused-ring (bicyclic) bond motifs is 1. The fourth-order valence-corrected chi connectivity index (χ4v) is 4.23. The number of hydrogen-bond donors (Lipinski definition) is 2. The van der Waals surface area contributed by atoms with Crippen LogP contribution in [0.25, 0.3) is 0 Å². The van der Waals surface area contributed by atoms with Crippen LogP contribution in [0.4, 0.5) is 5.69 Å². The zero-order chi connectivity index (χ0) is 20.4. The fourth-order valence-electron chi connectivity index (χ4n) is 4.23. The number of likely N-dealkylation sites (tertiary alicyclic amines) is 1. The van der Waals surface area contributed by atoms with E-state index in [1.54, 1.807) is 12.1 Å². The molecule has 2 saturated heterocycles. The molecule has 2 fully saturated rings. The van der Waals surface area contributed by atoms with E-state index in [1.165, 1.54) is 0 Å². The van der Waals surface area contributed by atoms with E-state index >= 15 is 0 Å². The molecule has 2 aliphatic heterocycles. The van der Waals surface area contributed by atoms with E-state index < -0.39 is 0 Å². The highest BCUT2D eigenvalue weighted by molar-refractivity contribution is 5.98. The molecule has 0 saturated carbocycles. The highest BCUT2D eigenvalue weighted by atomic mass is 16.5. The molecule has 2 aliphatic rings. The average molecular weight is 394 g/mol. The van der Waals surface area contributed by atoms with Gasteiger partial charge in [0.15, 0.2) is 0 Å². The lowest BCUT2D eigenvalue weighted by Gasteiger charge is -2.36. The molecule has 2 heterocycles. The Morgan fingerprint density at radius 2 is 1.86 bits per heavy atom. The summed E-state index contributed by atoms with van der Waals surface area (Å²) in [6, 6.07) is 16.9. The molecule has 2 N–H and O–H groups in total. The van der Waals surface area contributed by atoms with E-state index in [0.717, 1.165) is 17.0 Å². The van der Waals surface area contributed by atoms with Gasteiger partial charge in [0, 0.05) is 25.2 Å². The predicted molar refractivity (Wildman–Crippen MR) is 110 cm³/mol. The molecule has 2 aromatic rings. The number of hydrazine groups is 1. The first-order valence-electron chi connectivity index (χ1n) is 9.82. The van der Waals surface area contributed by atoms with Crippen LogP contribution in [0.5, 0.6) is 5.75 Å². The minimum atomic E-state index is -0.328. The molecule has 3 atom stereocenters. The molecular weight excluding hydrogens is 368 g/mol. The van der Waals surface area contributed by atoms with Gasteiger partial charge in [0.2, 0.25) is 11.8 Å². The van der Waals surface area contributed by atoms with Crippen LogP contribution in [-0.2, 0) is 16.1 Å². The normalized spacial score (nSPS) is 24.3. The Morgan fingerprint density at radius 3 is 2.62 bits per heavy atom. The lowest BCUT2D eigenvalue weighted by molar-refractivity contribution is -0.129. The van der Waals surface area contributed by atoms with E-state index in [2.05, 4.69) is 15.6 Å². The number of carbonyl (C=O) groups excluding carboxylic acids is 2. The molecule has 0 radical (unpaired) electrons. The van der Waals surface area contributed by atoms with Gasteiger partial charge in [0.25, 0.3) is 0 Å². The number of nitrogens with one attached hydrogen (secondary N) is 2. The number of nitrogens with zero attached hydrogens (tertiary/aromatic N) is 2. The molecule has 152 valence electrons. The van der Waals surface area contributed by atoms with Gasteiger partial charge in [-0.2, -0.15) is 0 Å². The van der Waals surface area contributed by atoms with Crippen molar-refractivity contribution in [3.05, 3.63) is 60.2 Å². The monoisotopic (exact) mass is 394 g/mol. The Labute approximate surface area is 170 Å². The van der Waals surface area contributed by atoms with E-state index in [1.807, 2.05) is 61.6 Å². The van der Waals surface area contributed by atoms with Crippen LogP contribution < -0.4 is 20.5 Å². The Kier molecular flexibility index (Phi) is 5.51. The molecule has 2 amide bonds. The smallest absolute Gasteiger partial charge is 0.247 e. The first kappa shape index (κ1) is 19.4. The molecule has 0 bridgehead atoms. The Hall–Kier alpha value is -2.90. The number of rotatable bonds is 5. The van der Waals surface area contributed by atoms with E-state index in [4.69, 9.17) is 4.74 Å². The van der Waals surface area contributed by atoms with E-state index in [9.17, 15) is 9.59 Å². The van der Waals surface area contributed by atoms with Gasteiger partial charge in [-0.3, -0.25) is 9.59 Å². The number of amides is 2. The van der Waals surface area contributed by atoms with Crippen molar-refractivity contribution in [1.82, 2.24) is 15.6 Å². The summed E-state index contributed by atoms with van der Waals surface area (Å²) in [4.78, 5) is 28.1. The van der Waals surface area contributed by atoms with Crippen molar-refractivity contribution in [2.24, 2.45) is 11.8 Å². The van der Waals surface area contributed by atoms with Crippen LogP contribution >= 0.6 is 0 Å². The molecule has 2 aromatic carbocycles. The summed E-state index contributed by atoms with van der Waals surface area (Å²) in [6.07, 6.45) is 0. The maximum atomic E-state index is 13.1. The van der Waals surface area contributed by atoms with Crippen LogP contribution in [0.3, 0.4) is 0 Å². The summed E-state index contributed by atoms with van der Waals surface area (Å²) in [6.45, 7) is 1.62. The van der Waals surface area contributed by atoms with Crippen LogP contribution in [0.15, 0.2) is 54.6 Å². The van der Waals surface area contributed by atoms with Crippen LogP contribution in [0.2, 0.25) is 0 Å². The van der Waals surface area contributed by atoms with Gasteiger partial charge in [-0.15, -0.1) is 0 Å². The Balaban J connectivity index is 1.49. The Morgan fingerprint density at radius 1 is 1.14 bits per heavy atom. The number of carbonyl (C=O) groups is 2. The minimum absolute atomic E-state index is 0.00952. The van der Waals surface area contributed by atoms with Gasteiger partial charge < -0.3 is 15.0 Å². The molecule has 3 unspecified atom stereocenters. The van der Waals surface area contributed by atoms with E-state index in [0.29, 0.717) is 19.6 Å². The number of para-hydroxylation sites is 2. The zero-order valence-electron chi connectivity index (χ0n) is 16.7. The molecular formula is C22H26N4O3. The highest BCUT2D eigenvalue weighted by Crippen LogP contribution is 2.31. The van der Waals surface area contributed by atoms with Crippen molar-refractivity contribution in [1.29, 1.82) is 0 Å². The second kappa shape index (κ2) is 8.23. The zero-order valence-corrected chi connectivity index (χ0v) is 16.7. The summed E-state index contributed by atoms with van der Waals surface area (Å²) in [5.41, 5.74) is 5.02. The lowest BCUT2D eigenvalue weighted by atomic mass is 9.84. The third-order valence-corrected chi connectivity index (χ3v) is 5.70. The number of methoxy groups -OCH3 is 1. The van der Waals surface area contributed by atoms with Gasteiger partial charge in [-0.05, 0) is 25.2 Å². The summed E-state index contributed by atoms with van der Waals surface area (Å²) < 4.78 is 5.36. The number of benzene rings is 2. The maximum Gasteiger partial charge on any atom is 0.247 e. The topological polar surface area (TPSA) is 73.9 Å². The van der Waals surface area contributed by atoms with Crippen LogP contribution in [0.1, 0.15) is 5.56 Å². The van der Waals surface area contributed by atoms with Gasteiger partial charge in [-0.1, -0.05) is 36.4 Å². The molecule has 0 spiro atoms. The first-order valence-corrected chi connectivity index (χ1v) is 9.82. The summed E-state index contributed by atoms with van der Waals surface area (Å²) in [5, 5.41) is 4.62. The third-order valence-electron chi connectivity index (χ3n) is 5.70. The summed E-state index contributed by atoms with van der Waals surface area (Å²) in [7, 11) is 3.57. The number of piperidine rings is 1. The summed E-state index contributed by atoms with van der Waals surface area (Å²) >= 11 is 0. The van der Waals surface area contributed by atoms with Gasteiger partial charge in [0.1, 0.15) is 5.75 Å². The standard InChI is InChI=1S/C22H26N4O3/c1-25-13-17(21(27)23-12-15-8-6-7-11-19(15)29-2)20-18(14-25)22(28)26(24-20)16-9-4-3-5-10-16/h3-11,17-18,20,24H,12-14H2,1-2H3,(H,23,27). The van der Waals surface area contributed by atoms with Crippen LogP contribution in [-0.4, -0.2) is 50.0 Å². The summed E-state index contributed by atoms with van der Waals surface area (Å²) in [5.74, 6) is 0.112. The van der Waals surface area contributed by atoms with Crippen molar-refractivity contribution in [2.45, 2.75) is 12.6 Å². The van der Waals surface area contributed by atoms with Gasteiger partial charge >= 0.3 is 0 Å². The van der Waals surface area contributed by atoms with E-state index in [-0.39, 0.29) is 29.7 Å². The number of hydrogen-bond acceptors (Lipinski definition) is 5. The molecule has 0 aliphatic carbocycles. The van der Waals surface area contributed by atoms with Crippen molar-refractivity contribution in [3.8, 4) is 5.75 Å². The van der Waals surface area contributed by atoms with Crippen molar-refractivity contribution < 1.29 is 14.3 Å². The minimum Gasteiger partial charge on any atom is -0.496 e. The lowest BCUT2D eigenvalue weighted by Crippen LogP contribution is -2.56. The van der Waals surface area contributed by atoms with Gasteiger partial charge in [-0.25, -0.2) is 10.4 Å². The Bertz CT molecular complexity index is 889. The van der Waals surface area contributed by atoms with Crippen molar-refractivity contribution in [3.63, 3.8) is 0 Å². The first-order chi connectivity index (χ1) is 14.1. The number of ether oxygens (including phenoxy) is 1. The van der Waals surface area contributed by atoms with Crippen molar-refractivity contribution in [2.75, 3.05) is 32.3 Å². The third kappa shape index (κ3) is 3.83. The second-order valence-electron chi connectivity index (χ2n) is 7.63. The molecule has 7 nitrogen and oxygen atoms in total. The largest absolute Gasteiger partial charge is 0.496 e. The molecule has 0 aromatic heterocycles. The quantitative estimate of drug-likeness (QED) is 0.802. The highest BCUT2D eigenvalue weighted by Gasteiger charge is 2.50. The fraction of sp³-hybridized carbons (Fsp3) is 0.364. The van der Waals surface area contributed by atoms with Crippen molar-refractivity contribution >= 4 is 17.5 Å². The molecule has 29 heavy (non-hydrogen) atoms. The number of anilines is 1. The molecule has 7 heteroatoms.